The summed E-state index contributed by atoms with van der Waals surface area (Å²) in [7, 11) is -2.49. The summed E-state index contributed by atoms with van der Waals surface area (Å²) in [4.78, 5) is 19.4. The predicted molar refractivity (Wildman–Crippen MR) is 115 cm³/mol. The highest BCUT2D eigenvalue weighted by Gasteiger charge is 2.26. The number of morpholine rings is 1. The first-order chi connectivity index (χ1) is 15.2. The molecule has 2 aromatic heterocycles. The van der Waals surface area contributed by atoms with Crippen molar-refractivity contribution in [1.82, 2.24) is 14.5 Å². The zero-order chi connectivity index (χ0) is 23.0. The van der Waals surface area contributed by atoms with Crippen LogP contribution in [0.5, 0.6) is 0 Å². The Morgan fingerprint density at radius 2 is 1.94 bits per heavy atom. The van der Waals surface area contributed by atoms with Gasteiger partial charge in [-0.3, -0.25) is 9.52 Å². The summed E-state index contributed by atoms with van der Waals surface area (Å²) in [6, 6.07) is 3.97. The average molecular weight is 483 g/mol. The van der Waals surface area contributed by atoms with E-state index in [0.717, 1.165) is 12.1 Å². The number of carbonyl (C=O) groups is 1. The molecule has 0 atom stereocenters. The van der Waals surface area contributed by atoms with E-state index >= 15 is 0 Å². The van der Waals surface area contributed by atoms with Crippen LogP contribution in [0.2, 0.25) is 0 Å². The molecular formula is C20H20F2N4O4S2. The number of anilines is 1. The third-order valence-electron chi connectivity index (χ3n) is 4.97. The number of ether oxygens (including phenoxy) is 1. The van der Waals surface area contributed by atoms with Crippen molar-refractivity contribution in [1.29, 1.82) is 0 Å². The largest absolute Gasteiger partial charge is 0.378 e. The molecule has 12 heteroatoms. The molecule has 8 nitrogen and oxygen atoms in total. The molecule has 0 unspecified atom stereocenters. The van der Waals surface area contributed by atoms with Crippen LogP contribution in [0.3, 0.4) is 0 Å². The van der Waals surface area contributed by atoms with Gasteiger partial charge in [0.2, 0.25) is 0 Å². The summed E-state index contributed by atoms with van der Waals surface area (Å²) in [5, 5.41) is 0.482. The number of nitrogens with one attached hydrogen (secondary N) is 1. The van der Waals surface area contributed by atoms with Crippen molar-refractivity contribution in [3.05, 3.63) is 52.7 Å². The molecule has 4 rings (SSSR count). The van der Waals surface area contributed by atoms with Crippen molar-refractivity contribution in [2.45, 2.75) is 11.8 Å². The second-order valence-electron chi connectivity index (χ2n) is 7.24. The normalized spacial score (nSPS) is 14.6. The first kappa shape index (κ1) is 22.4. The first-order valence-corrected chi connectivity index (χ1v) is 11.9. The topological polar surface area (TPSA) is 93.5 Å². The predicted octanol–water partition coefficient (Wildman–Crippen LogP) is 3.01. The van der Waals surface area contributed by atoms with E-state index in [0.29, 0.717) is 53.6 Å². The number of aromatic nitrogens is 2. The number of hydrogen-bond donors (Lipinski definition) is 1. The molecule has 0 aliphatic carbocycles. The molecule has 1 N–H and O–H groups in total. The Hall–Kier alpha value is -2.83. The summed E-state index contributed by atoms with van der Waals surface area (Å²) >= 11 is 1.18. The summed E-state index contributed by atoms with van der Waals surface area (Å²) < 4.78 is 61.5. The van der Waals surface area contributed by atoms with Gasteiger partial charge in [0.05, 0.1) is 30.3 Å². The summed E-state index contributed by atoms with van der Waals surface area (Å²) in [6.07, 6.45) is 1.36. The zero-order valence-corrected chi connectivity index (χ0v) is 18.9. The van der Waals surface area contributed by atoms with E-state index in [4.69, 9.17) is 4.74 Å². The number of carbonyl (C=O) groups excluding carboxylic acids is 1. The minimum atomic E-state index is -4.14. The van der Waals surface area contributed by atoms with E-state index in [9.17, 15) is 22.0 Å². The smallest absolute Gasteiger partial charge is 0.266 e. The molecule has 1 saturated heterocycles. The van der Waals surface area contributed by atoms with E-state index in [1.807, 2.05) is 0 Å². The van der Waals surface area contributed by atoms with Gasteiger partial charge in [-0.1, -0.05) is 0 Å². The molecule has 0 radical (unpaired) electrons. The summed E-state index contributed by atoms with van der Waals surface area (Å²) in [6.45, 7) is 3.70. The summed E-state index contributed by atoms with van der Waals surface area (Å²) in [5.74, 6) is -1.97. The van der Waals surface area contributed by atoms with E-state index in [2.05, 4.69) is 9.71 Å². The lowest BCUT2D eigenvalue weighted by Crippen LogP contribution is -2.40. The number of halogens is 2. The van der Waals surface area contributed by atoms with Gasteiger partial charge in [0.1, 0.15) is 26.4 Å². The number of hydrogen-bond acceptors (Lipinski definition) is 6. The molecular weight excluding hydrogens is 462 g/mol. The van der Waals surface area contributed by atoms with Gasteiger partial charge < -0.3 is 14.2 Å². The van der Waals surface area contributed by atoms with Gasteiger partial charge >= 0.3 is 0 Å². The minimum Gasteiger partial charge on any atom is -0.378 e. The van der Waals surface area contributed by atoms with E-state index in [-0.39, 0.29) is 16.5 Å². The number of sulfonamides is 1. The SMILES string of the molecule is Cc1nc(-c2cc(S(=O)(=O)Nc3ccc(F)cc3F)cn2C)sc1C(=O)N1CCOCC1. The third-order valence-corrected chi connectivity index (χ3v) is 7.47. The highest BCUT2D eigenvalue weighted by molar-refractivity contribution is 7.92. The van der Waals surface area contributed by atoms with E-state index in [1.165, 1.54) is 23.6 Å². The maximum absolute atomic E-state index is 13.9. The second-order valence-corrected chi connectivity index (χ2v) is 9.92. The highest BCUT2D eigenvalue weighted by Crippen LogP contribution is 2.32. The van der Waals surface area contributed by atoms with Crippen LogP contribution in [0.4, 0.5) is 14.5 Å². The Kier molecular flexibility index (Phi) is 6.01. The van der Waals surface area contributed by atoms with Gasteiger partial charge in [-0.25, -0.2) is 22.2 Å². The molecule has 32 heavy (non-hydrogen) atoms. The lowest BCUT2D eigenvalue weighted by molar-refractivity contribution is 0.0305. The van der Waals surface area contributed by atoms with Crippen molar-refractivity contribution >= 4 is 33.0 Å². The quantitative estimate of drug-likeness (QED) is 0.604. The maximum Gasteiger partial charge on any atom is 0.266 e. The Balaban J connectivity index is 1.61. The van der Waals surface area contributed by atoms with Crippen LogP contribution in [0.15, 0.2) is 35.4 Å². The third kappa shape index (κ3) is 4.38. The van der Waals surface area contributed by atoms with Crippen LogP contribution in [-0.4, -0.2) is 55.1 Å². The fourth-order valence-electron chi connectivity index (χ4n) is 3.28. The molecule has 1 aliphatic rings. The van der Waals surface area contributed by atoms with Crippen molar-refractivity contribution in [2.24, 2.45) is 7.05 Å². The zero-order valence-electron chi connectivity index (χ0n) is 17.3. The second kappa shape index (κ2) is 8.60. The molecule has 1 amide bonds. The lowest BCUT2D eigenvalue weighted by Gasteiger charge is -2.26. The van der Waals surface area contributed by atoms with Crippen LogP contribution in [0, 0.1) is 18.6 Å². The number of amides is 1. The molecule has 3 heterocycles. The molecule has 1 fully saturated rings. The fourth-order valence-corrected chi connectivity index (χ4v) is 5.51. The average Bonchev–Trinajstić information content (AvgIpc) is 3.33. The van der Waals surface area contributed by atoms with Gasteiger partial charge in [0.15, 0.2) is 0 Å². The number of thiazole rings is 1. The molecule has 0 saturated carbocycles. The number of aryl methyl sites for hydroxylation is 2. The van der Waals surface area contributed by atoms with Crippen LogP contribution in [0.25, 0.3) is 10.7 Å². The monoisotopic (exact) mass is 482 g/mol. The number of benzene rings is 1. The Bertz CT molecular complexity index is 1280. The van der Waals surface area contributed by atoms with Gasteiger partial charge in [-0.05, 0) is 25.1 Å². The van der Waals surface area contributed by atoms with Crippen molar-refractivity contribution in [2.75, 3.05) is 31.0 Å². The standard InChI is InChI=1S/C20H20F2N4O4S2/c1-12-18(20(27)26-5-7-30-8-6-26)31-19(23-12)17-10-14(11-25(17)2)32(28,29)24-16-4-3-13(21)9-15(16)22/h3-4,9-11,24H,5-8H2,1-2H3. The van der Waals surface area contributed by atoms with Crippen molar-refractivity contribution < 1.29 is 26.7 Å². The number of nitrogens with zero attached hydrogens (tertiary/aromatic N) is 3. The molecule has 0 spiro atoms. The van der Waals surface area contributed by atoms with E-state index < -0.39 is 21.7 Å². The Morgan fingerprint density at radius 3 is 2.62 bits per heavy atom. The Morgan fingerprint density at radius 1 is 1.22 bits per heavy atom. The maximum atomic E-state index is 13.9. The molecule has 3 aromatic rings. The van der Waals surface area contributed by atoms with Crippen molar-refractivity contribution in [3.8, 4) is 10.7 Å². The molecule has 0 bridgehead atoms. The lowest BCUT2D eigenvalue weighted by atomic mass is 10.3. The first-order valence-electron chi connectivity index (χ1n) is 9.65. The van der Waals surface area contributed by atoms with Crippen LogP contribution < -0.4 is 4.72 Å². The summed E-state index contributed by atoms with van der Waals surface area (Å²) in [5.41, 5.74) is 0.679. The van der Waals surface area contributed by atoms with Gasteiger partial charge in [0.25, 0.3) is 15.9 Å². The van der Waals surface area contributed by atoms with Crippen LogP contribution >= 0.6 is 11.3 Å². The van der Waals surface area contributed by atoms with Gasteiger partial charge in [-0.2, -0.15) is 0 Å². The molecule has 170 valence electrons. The van der Waals surface area contributed by atoms with E-state index in [1.54, 1.807) is 23.4 Å². The highest BCUT2D eigenvalue weighted by atomic mass is 32.2. The van der Waals surface area contributed by atoms with Crippen molar-refractivity contribution in [3.63, 3.8) is 0 Å². The van der Waals surface area contributed by atoms with Gasteiger partial charge in [0, 0.05) is 32.4 Å². The fraction of sp³-hybridized carbons (Fsp3) is 0.300. The van der Waals surface area contributed by atoms with Gasteiger partial charge in [-0.15, -0.1) is 11.3 Å². The van der Waals surface area contributed by atoms with Crippen LogP contribution in [-0.2, 0) is 21.8 Å². The molecule has 1 aromatic carbocycles. The minimum absolute atomic E-state index is 0.118. The number of rotatable bonds is 5. The Labute approximate surface area is 187 Å². The van der Waals surface area contributed by atoms with Crippen LogP contribution in [0.1, 0.15) is 15.4 Å². The molecule has 1 aliphatic heterocycles.